The number of ether oxygens (including phenoxy) is 1. The molecule has 78 valence electrons. The van der Waals surface area contributed by atoms with Crippen LogP contribution in [0.2, 0.25) is 0 Å². The Morgan fingerprint density at radius 3 is 2.80 bits per heavy atom. The Balaban J connectivity index is 2.02. The van der Waals surface area contributed by atoms with E-state index >= 15 is 0 Å². The topological polar surface area (TPSA) is 63.6 Å². The number of carbonyl (C=O) groups excluding carboxylic acids is 1. The molecule has 0 bridgehead atoms. The van der Waals surface area contributed by atoms with Crippen molar-refractivity contribution >= 4 is 11.8 Å². The fourth-order valence-corrected chi connectivity index (χ4v) is 1.66. The first-order valence-electron chi connectivity index (χ1n) is 4.67. The van der Waals surface area contributed by atoms with Crippen molar-refractivity contribution in [2.75, 3.05) is 0 Å². The summed E-state index contributed by atoms with van der Waals surface area (Å²) in [5.74, 6) is -1.44. The number of benzene rings is 1. The Labute approximate surface area is 86.5 Å². The van der Waals surface area contributed by atoms with Gasteiger partial charge in [0.1, 0.15) is 11.9 Å². The van der Waals surface area contributed by atoms with Crippen molar-refractivity contribution in [3.8, 4) is 5.75 Å². The average molecular weight is 206 g/mol. The predicted molar refractivity (Wildman–Crippen MR) is 51.8 cm³/mol. The molecule has 1 aliphatic rings. The number of hydrogen-bond acceptors (Lipinski definition) is 3. The summed E-state index contributed by atoms with van der Waals surface area (Å²) in [7, 11) is 0. The van der Waals surface area contributed by atoms with Gasteiger partial charge in [0.25, 0.3) is 0 Å². The monoisotopic (exact) mass is 206 g/mol. The second-order valence-corrected chi connectivity index (χ2v) is 3.48. The molecule has 0 spiro atoms. The number of carboxylic acid groups (broad SMARTS) is 1. The van der Waals surface area contributed by atoms with Gasteiger partial charge in [-0.25, -0.2) is 4.79 Å². The van der Waals surface area contributed by atoms with E-state index in [0.717, 1.165) is 11.3 Å². The molecule has 1 N–H and O–H groups in total. The fraction of sp³-hybridized carbons (Fsp3) is 0.273. The summed E-state index contributed by atoms with van der Waals surface area (Å²) in [6.45, 7) is 0. The van der Waals surface area contributed by atoms with Crippen LogP contribution in [0.5, 0.6) is 5.75 Å². The molecule has 0 fully saturated rings. The number of ketones is 1. The second kappa shape index (κ2) is 3.73. The van der Waals surface area contributed by atoms with Gasteiger partial charge in [-0.2, -0.15) is 0 Å². The Hall–Kier alpha value is -1.84. The maximum absolute atomic E-state index is 11.0. The van der Waals surface area contributed by atoms with Crippen LogP contribution in [0, 0.1) is 0 Å². The van der Waals surface area contributed by atoms with Crippen LogP contribution in [-0.2, 0) is 16.0 Å². The molecule has 1 heterocycles. The van der Waals surface area contributed by atoms with Gasteiger partial charge in [-0.3, -0.25) is 4.79 Å². The number of aliphatic carboxylic acids is 1. The van der Waals surface area contributed by atoms with E-state index in [2.05, 4.69) is 0 Å². The standard InChI is InChI=1S/C11H10O4/c12-9(11(13)14)6-8-5-7-3-1-2-4-10(7)15-8/h1-4,8H,5-6H2,(H,13,14). The highest BCUT2D eigenvalue weighted by molar-refractivity contribution is 6.32. The minimum absolute atomic E-state index is 0.0655. The van der Waals surface area contributed by atoms with Gasteiger partial charge in [-0.05, 0) is 11.6 Å². The third-order valence-electron chi connectivity index (χ3n) is 2.37. The Kier molecular flexibility index (Phi) is 2.41. The third-order valence-corrected chi connectivity index (χ3v) is 2.37. The molecule has 1 aromatic rings. The number of carbonyl (C=O) groups is 2. The molecule has 1 aliphatic heterocycles. The second-order valence-electron chi connectivity index (χ2n) is 3.48. The lowest BCUT2D eigenvalue weighted by atomic mass is 10.1. The van der Waals surface area contributed by atoms with Crippen LogP contribution in [0.25, 0.3) is 0 Å². The van der Waals surface area contributed by atoms with Crippen LogP contribution in [0.1, 0.15) is 12.0 Å². The molecule has 0 aliphatic carbocycles. The third kappa shape index (κ3) is 1.98. The maximum atomic E-state index is 11.0. The fourth-order valence-electron chi connectivity index (χ4n) is 1.66. The van der Waals surface area contributed by atoms with Crippen molar-refractivity contribution in [2.45, 2.75) is 18.9 Å². The molecular weight excluding hydrogens is 196 g/mol. The van der Waals surface area contributed by atoms with E-state index in [1.54, 1.807) is 0 Å². The van der Waals surface area contributed by atoms with Crippen LogP contribution in [-0.4, -0.2) is 23.0 Å². The zero-order valence-electron chi connectivity index (χ0n) is 7.97. The van der Waals surface area contributed by atoms with Crippen LogP contribution in [0.4, 0.5) is 0 Å². The smallest absolute Gasteiger partial charge is 0.372 e. The van der Waals surface area contributed by atoms with E-state index in [0.29, 0.717) is 6.42 Å². The highest BCUT2D eigenvalue weighted by Crippen LogP contribution is 2.29. The SMILES string of the molecule is O=C(O)C(=O)CC1Cc2ccccc2O1. The minimum atomic E-state index is -1.39. The van der Waals surface area contributed by atoms with Gasteiger partial charge < -0.3 is 9.84 Å². The molecule has 0 radical (unpaired) electrons. The normalized spacial score (nSPS) is 18.0. The van der Waals surface area contributed by atoms with E-state index in [1.807, 2.05) is 24.3 Å². The quantitative estimate of drug-likeness (QED) is 0.750. The summed E-state index contributed by atoms with van der Waals surface area (Å²) in [4.78, 5) is 21.3. The van der Waals surface area contributed by atoms with Gasteiger partial charge in [0, 0.05) is 6.42 Å². The molecule has 1 unspecified atom stereocenters. The zero-order chi connectivity index (χ0) is 10.8. The molecule has 4 nitrogen and oxygen atoms in total. The van der Waals surface area contributed by atoms with Crippen LogP contribution in [0.15, 0.2) is 24.3 Å². The molecule has 0 saturated carbocycles. The first-order valence-corrected chi connectivity index (χ1v) is 4.67. The lowest BCUT2D eigenvalue weighted by molar-refractivity contribution is -0.149. The molecule has 0 amide bonds. The summed E-state index contributed by atoms with van der Waals surface area (Å²) < 4.78 is 5.44. The maximum Gasteiger partial charge on any atom is 0.372 e. The average Bonchev–Trinajstić information content (AvgIpc) is 2.59. The van der Waals surface area contributed by atoms with Crippen molar-refractivity contribution < 1.29 is 19.4 Å². The first kappa shape index (κ1) is 9.71. The molecule has 4 heteroatoms. The zero-order valence-corrected chi connectivity index (χ0v) is 7.97. The van der Waals surface area contributed by atoms with Crippen molar-refractivity contribution in [1.29, 1.82) is 0 Å². The highest BCUT2D eigenvalue weighted by Gasteiger charge is 2.26. The highest BCUT2D eigenvalue weighted by atomic mass is 16.5. The van der Waals surface area contributed by atoms with E-state index in [9.17, 15) is 9.59 Å². The largest absolute Gasteiger partial charge is 0.489 e. The van der Waals surface area contributed by atoms with Crippen LogP contribution in [0.3, 0.4) is 0 Å². The molecule has 0 aromatic heterocycles. The number of hydrogen-bond donors (Lipinski definition) is 1. The van der Waals surface area contributed by atoms with E-state index in [1.165, 1.54) is 0 Å². The molecule has 2 rings (SSSR count). The summed E-state index contributed by atoms with van der Waals surface area (Å²) in [6.07, 6.45) is 0.213. The number of Topliss-reactive ketones (excluding diaryl/α,β-unsaturated/α-hetero) is 1. The molecule has 1 atom stereocenters. The summed E-state index contributed by atoms with van der Waals surface area (Å²) in [5, 5.41) is 8.45. The van der Waals surface area contributed by atoms with E-state index < -0.39 is 11.8 Å². The lowest BCUT2D eigenvalue weighted by Crippen LogP contribution is -2.23. The van der Waals surface area contributed by atoms with Crippen LogP contribution < -0.4 is 4.74 Å². The van der Waals surface area contributed by atoms with Gasteiger partial charge in [0.15, 0.2) is 0 Å². The van der Waals surface area contributed by atoms with E-state index in [4.69, 9.17) is 9.84 Å². The van der Waals surface area contributed by atoms with Gasteiger partial charge in [0.05, 0.1) is 6.42 Å². The van der Waals surface area contributed by atoms with Crippen molar-refractivity contribution in [3.63, 3.8) is 0 Å². The van der Waals surface area contributed by atoms with Crippen molar-refractivity contribution in [2.24, 2.45) is 0 Å². The first-order chi connectivity index (χ1) is 7.16. The Bertz CT molecular complexity index is 386. The van der Waals surface area contributed by atoms with Crippen LogP contribution >= 0.6 is 0 Å². The summed E-state index contributed by atoms with van der Waals surface area (Å²) in [5.41, 5.74) is 1.03. The minimum Gasteiger partial charge on any atom is -0.489 e. The van der Waals surface area contributed by atoms with Crippen molar-refractivity contribution in [1.82, 2.24) is 0 Å². The Morgan fingerprint density at radius 2 is 2.13 bits per heavy atom. The van der Waals surface area contributed by atoms with Gasteiger partial charge in [0.2, 0.25) is 5.78 Å². The van der Waals surface area contributed by atoms with Gasteiger partial charge in [-0.15, -0.1) is 0 Å². The number of rotatable bonds is 3. The molecule has 15 heavy (non-hydrogen) atoms. The summed E-state index contributed by atoms with van der Waals surface area (Å²) in [6, 6.07) is 7.48. The number of carboxylic acids is 1. The molecule has 0 saturated heterocycles. The molecule has 1 aromatic carbocycles. The van der Waals surface area contributed by atoms with E-state index in [-0.39, 0.29) is 12.5 Å². The number of fused-ring (bicyclic) bond motifs is 1. The Morgan fingerprint density at radius 1 is 1.40 bits per heavy atom. The van der Waals surface area contributed by atoms with Gasteiger partial charge in [-0.1, -0.05) is 18.2 Å². The van der Waals surface area contributed by atoms with Gasteiger partial charge >= 0.3 is 5.97 Å². The number of para-hydroxylation sites is 1. The molecular formula is C11H10O4. The summed E-state index contributed by atoms with van der Waals surface area (Å²) >= 11 is 0. The van der Waals surface area contributed by atoms with Crippen molar-refractivity contribution in [3.05, 3.63) is 29.8 Å². The lowest BCUT2D eigenvalue weighted by Gasteiger charge is -2.07. The predicted octanol–water partition coefficient (Wildman–Crippen LogP) is 1.03.